The van der Waals surface area contributed by atoms with Crippen LogP contribution in [0.4, 0.5) is 14.9 Å². The van der Waals surface area contributed by atoms with Gasteiger partial charge >= 0.3 is 6.09 Å². The lowest BCUT2D eigenvalue weighted by atomic mass is 9.97. The fourth-order valence-electron chi connectivity index (χ4n) is 2.56. The normalized spacial score (nSPS) is 18.9. The molecule has 2 N–H and O–H groups in total. The molecule has 1 fully saturated rings. The lowest BCUT2D eigenvalue weighted by molar-refractivity contribution is 0.0288. The van der Waals surface area contributed by atoms with E-state index in [4.69, 9.17) is 10.5 Å². The van der Waals surface area contributed by atoms with Gasteiger partial charge in [-0.15, -0.1) is 0 Å². The second kappa shape index (κ2) is 5.92. The molecule has 5 heteroatoms. The Bertz CT molecular complexity index is 525. The number of nitrogens with two attached hydrogens (primary N) is 1. The van der Waals surface area contributed by atoms with Crippen LogP contribution in [0, 0.1) is 11.7 Å². The lowest BCUT2D eigenvalue weighted by Gasteiger charge is -2.24. The van der Waals surface area contributed by atoms with Crippen LogP contribution in [0.3, 0.4) is 0 Å². The van der Waals surface area contributed by atoms with Crippen LogP contribution in [0.5, 0.6) is 0 Å². The van der Waals surface area contributed by atoms with Gasteiger partial charge in [0.25, 0.3) is 0 Å². The van der Waals surface area contributed by atoms with Gasteiger partial charge in [-0.25, -0.2) is 9.18 Å². The number of likely N-dealkylation sites (tertiary alicyclic amines) is 1. The van der Waals surface area contributed by atoms with Gasteiger partial charge in [0.1, 0.15) is 11.4 Å². The Hall–Kier alpha value is -1.78. The maximum atomic E-state index is 13.4. The molecule has 0 aromatic heterocycles. The highest BCUT2D eigenvalue weighted by atomic mass is 19.1. The maximum Gasteiger partial charge on any atom is 0.410 e. The molecule has 1 aromatic carbocycles. The number of para-hydroxylation sites is 1. The Morgan fingerprint density at radius 2 is 2.19 bits per heavy atom. The Morgan fingerprint density at radius 1 is 1.48 bits per heavy atom. The number of hydrogen-bond donors (Lipinski definition) is 1. The minimum atomic E-state index is -0.484. The largest absolute Gasteiger partial charge is 0.444 e. The first-order valence-corrected chi connectivity index (χ1v) is 7.27. The zero-order valence-corrected chi connectivity index (χ0v) is 12.9. The van der Waals surface area contributed by atoms with Gasteiger partial charge in [-0.2, -0.15) is 0 Å². The summed E-state index contributed by atoms with van der Waals surface area (Å²) in [6.45, 7) is 6.86. The number of hydrogen-bond acceptors (Lipinski definition) is 3. The van der Waals surface area contributed by atoms with Gasteiger partial charge in [0, 0.05) is 13.1 Å². The first-order valence-electron chi connectivity index (χ1n) is 7.27. The van der Waals surface area contributed by atoms with Crippen LogP contribution in [0.25, 0.3) is 0 Å². The highest BCUT2D eigenvalue weighted by Gasteiger charge is 2.30. The summed E-state index contributed by atoms with van der Waals surface area (Å²) >= 11 is 0. The molecule has 21 heavy (non-hydrogen) atoms. The van der Waals surface area contributed by atoms with Crippen molar-refractivity contribution in [3.63, 3.8) is 0 Å². The van der Waals surface area contributed by atoms with Crippen molar-refractivity contribution in [3.8, 4) is 0 Å². The molecule has 2 rings (SSSR count). The van der Waals surface area contributed by atoms with Crippen molar-refractivity contribution in [2.75, 3.05) is 18.8 Å². The Labute approximate surface area is 125 Å². The first-order chi connectivity index (χ1) is 9.76. The summed E-state index contributed by atoms with van der Waals surface area (Å²) in [4.78, 5) is 13.7. The smallest absolute Gasteiger partial charge is 0.410 e. The number of benzene rings is 1. The highest BCUT2D eigenvalue weighted by Crippen LogP contribution is 2.26. The quantitative estimate of drug-likeness (QED) is 0.852. The number of halogens is 1. The number of carbonyl (C=O) groups is 1. The van der Waals surface area contributed by atoms with Gasteiger partial charge in [-0.05, 0) is 51.2 Å². The molecule has 1 unspecified atom stereocenters. The van der Waals surface area contributed by atoms with E-state index in [1.54, 1.807) is 11.0 Å². The zero-order chi connectivity index (χ0) is 15.6. The van der Waals surface area contributed by atoms with Crippen LogP contribution >= 0.6 is 0 Å². The van der Waals surface area contributed by atoms with Crippen molar-refractivity contribution < 1.29 is 13.9 Å². The van der Waals surface area contributed by atoms with Crippen LogP contribution in [-0.4, -0.2) is 29.7 Å². The summed E-state index contributed by atoms with van der Waals surface area (Å²) in [5, 5.41) is 0. The van der Waals surface area contributed by atoms with E-state index in [1.807, 2.05) is 26.8 Å². The number of ether oxygens (including phenoxy) is 1. The third-order valence-corrected chi connectivity index (χ3v) is 3.59. The molecular weight excluding hydrogens is 271 g/mol. The molecular formula is C16H23FN2O2. The summed E-state index contributed by atoms with van der Waals surface area (Å²) < 4.78 is 18.8. The van der Waals surface area contributed by atoms with E-state index < -0.39 is 5.60 Å². The summed E-state index contributed by atoms with van der Waals surface area (Å²) in [7, 11) is 0. The Kier molecular flexibility index (Phi) is 4.40. The number of nitrogen functional groups attached to an aromatic ring is 1. The molecule has 1 aliphatic heterocycles. The van der Waals surface area contributed by atoms with Crippen molar-refractivity contribution in [2.24, 2.45) is 5.92 Å². The fourth-order valence-corrected chi connectivity index (χ4v) is 2.56. The average Bonchev–Trinajstić information content (AvgIpc) is 2.82. The van der Waals surface area contributed by atoms with Crippen molar-refractivity contribution in [1.82, 2.24) is 4.90 Å². The second-order valence-corrected chi connectivity index (χ2v) is 6.60. The van der Waals surface area contributed by atoms with Gasteiger partial charge in [0.05, 0.1) is 5.69 Å². The number of amides is 1. The zero-order valence-electron chi connectivity index (χ0n) is 12.9. The minimum absolute atomic E-state index is 0.216. The number of carbonyl (C=O) groups excluding carboxylic acids is 1. The van der Waals surface area contributed by atoms with Gasteiger partial charge < -0.3 is 15.4 Å². The monoisotopic (exact) mass is 294 g/mol. The van der Waals surface area contributed by atoms with Gasteiger partial charge in [0.15, 0.2) is 0 Å². The third-order valence-electron chi connectivity index (χ3n) is 3.59. The average molecular weight is 294 g/mol. The molecule has 0 bridgehead atoms. The van der Waals surface area contributed by atoms with Gasteiger partial charge in [-0.1, -0.05) is 12.1 Å². The first kappa shape index (κ1) is 15.6. The third kappa shape index (κ3) is 4.09. The molecule has 1 heterocycles. The number of rotatable bonds is 2. The van der Waals surface area contributed by atoms with Crippen LogP contribution in [-0.2, 0) is 11.2 Å². The number of anilines is 1. The van der Waals surface area contributed by atoms with E-state index in [-0.39, 0.29) is 17.6 Å². The van der Waals surface area contributed by atoms with Crippen molar-refractivity contribution in [1.29, 1.82) is 0 Å². The SMILES string of the molecule is CC(C)(C)OC(=O)N1CCC(Cc2cccc(F)c2N)C1. The summed E-state index contributed by atoms with van der Waals surface area (Å²) in [5.41, 5.74) is 6.30. The van der Waals surface area contributed by atoms with Crippen LogP contribution < -0.4 is 5.73 Å². The summed E-state index contributed by atoms with van der Waals surface area (Å²) in [5.74, 6) is -0.0869. The Balaban J connectivity index is 1.94. The molecule has 1 amide bonds. The lowest BCUT2D eigenvalue weighted by Crippen LogP contribution is -2.35. The van der Waals surface area contributed by atoms with E-state index in [1.165, 1.54) is 6.07 Å². The number of nitrogens with zero attached hydrogens (tertiary/aromatic N) is 1. The molecule has 0 radical (unpaired) electrons. The predicted octanol–water partition coefficient (Wildman–Crippen LogP) is 3.21. The van der Waals surface area contributed by atoms with Gasteiger partial charge in [-0.3, -0.25) is 0 Å². The standard InChI is InChI=1S/C16H23FN2O2/c1-16(2,3)21-15(20)19-8-7-11(10-19)9-12-5-4-6-13(17)14(12)18/h4-6,11H,7-10,18H2,1-3H3. The van der Waals surface area contributed by atoms with E-state index in [0.717, 1.165) is 12.0 Å². The maximum absolute atomic E-state index is 13.4. The highest BCUT2D eigenvalue weighted by molar-refractivity contribution is 5.68. The van der Waals surface area contributed by atoms with E-state index >= 15 is 0 Å². The predicted molar refractivity (Wildman–Crippen MR) is 80.4 cm³/mol. The van der Waals surface area contributed by atoms with Crippen molar-refractivity contribution in [3.05, 3.63) is 29.6 Å². The minimum Gasteiger partial charge on any atom is -0.444 e. The molecule has 1 aliphatic rings. The molecule has 0 aliphatic carbocycles. The van der Waals surface area contributed by atoms with Crippen LogP contribution in [0.1, 0.15) is 32.8 Å². The second-order valence-electron chi connectivity index (χ2n) is 6.60. The summed E-state index contributed by atoms with van der Waals surface area (Å²) in [6, 6.07) is 4.87. The van der Waals surface area contributed by atoms with Crippen molar-refractivity contribution in [2.45, 2.75) is 39.2 Å². The Morgan fingerprint density at radius 3 is 2.86 bits per heavy atom. The molecule has 1 saturated heterocycles. The molecule has 116 valence electrons. The molecule has 1 aromatic rings. The van der Waals surface area contributed by atoms with E-state index in [9.17, 15) is 9.18 Å². The topological polar surface area (TPSA) is 55.6 Å². The fraction of sp³-hybridized carbons (Fsp3) is 0.562. The van der Waals surface area contributed by atoms with E-state index in [0.29, 0.717) is 25.4 Å². The molecule has 4 nitrogen and oxygen atoms in total. The molecule has 0 saturated carbocycles. The van der Waals surface area contributed by atoms with Crippen molar-refractivity contribution >= 4 is 11.8 Å². The molecule has 1 atom stereocenters. The van der Waals surface area contributed by atoms with Crippen LogP contribution in [0.2, 0.25) is 0 Å². The van der Waals surface area contributed by atoms with Gasteiger partial charge in [0.2, 0.25) is 0 Å². The summed E-state index contributed by atoms with van der Waals surface area (Å²) in [6.07, 6.45) is 1.29. The van der Waals surface area contributed by atoms with Crippen LogP contribution in [0.15, 0.2) is 18.2 Å². The molecule has 0 spiro atoms. The van der Waals surface area contributed by atoms with E-state index in [2.05, 4.69) is 0 Å².